The van der Waals surface area contributed by atoms with Crippen LogP contribution in [-0.2, 0) is 14.8 Å². The average molecular weight is 513 g/mol. The van der Waals surface area contributed by atoms with Gasteiger partial charge in [-0.15, -0.1) is 11.3 Å². The second kappa shape index (κ2) is 14.5. The number of hydrogen-bond donors (Lipinski definition) is 1. The topological polar surface area (TPSA) is 68.3 Å². The molecule has 1 aliphatic heterocycles. The Morgan fingerprint density at radius 1 is 1.00 bits per heavy atom. The molecule has 7 heteroatoms. The zero-order valence-corrected chi connectivity index (χ0v) is 21.6. The quantitative estimate of drug-likeness (QED) is 0.244. The number of aryl methyl sites for hydroxylation is 1. The van der Waals surface area contributed by atoms with Gasteiger partial charge in [0, 0.05) is 5.41 Å². The smallest absolute Gasteiger partial charge is 0.242 e. The van der Waals surface area contributed by atoms with E-state index in [1.165, 1.54) is 62.7 Å². The summed E-state index contributed by atoms with van der Waals surface area (Å²) in [5.41, 5.74) is 0.774. The van der Waals surface area contributed by atoms with Gasteiger partial charge < -0.3 is 4.74 Å². The summed E-state index contributed by atoms with van der Waals surface area (Å²) >= 11 is 1.52. The summed E-state index contributed by atoms with van der Waals surface area (Å²) < 4.78 is 36.0. The van der Waals surface area contributed by atoms with Crippen molar-refractivity contribution in [3.63, 3.8) is 0 Å². The van der Waals surface area contributed by atoms with Crippen molar-refractivity contribution in [1.29, 1.82) is 0 Å². The van der Waals surface area contributed by atoms with Gasteiger partial charge in [0.2, 0.25) is 10.0 Å². The maximum Gasteiger partial charge on any atom is 0.242 e. The highest BCUT2D eigenvalue weighted by Gasteiger charge is 2.49. The van der Waals surface area contributed by atoms with Gasteiger partial charge in [-0.25, -0.2) is 13.4 Å². The minimum Gasteiger partial charge on any atom is -0.361 e. The SMILES string of the molecule is C.C.CCCCCCCCC1(CCCCCC)COC1NS(=O)(=O)c1ccc2nc(C)sc2c1. The first kappa shape index (κ1) is 31.0. The normalized spacial score (nSPS) is 19.9. The minimum absolute atomic E-state index is 0. The highest BCUT2D eigenvalue weighted by molar-refractivity contribution is 7.89. The molecule has 0 bridgehead atoms. The molecule has 2 unspecified atom stereocenters. The molecule has 2 heterocycles. The standard InChI is InChI=1S/C25H40N2O3S2.2CH4/c1-4-6-8-10-11-13-17-25(16-12-9-7-5-2)19-30-24(25)27-32(28,29)21-14-15-22-23(18-21)31-20(3)26-22;;/h14-15,18,24,27H,4-13,16-17,19H2,1-3H3;2*1H4. The number of sulfonamides is 1. The van der Waals surface area contributed by atoms with Crippen LogP contribution in [0.4, 0.5) is 0 Å². The van der Waals surface area contributed by atoms with Crippen molar-refractivity contribution < 1.29 is 13.2 Å². The van der Waals surface area contributed by atoms with Crippen molar-refractivity contribution in [3.8, 4) is 0 Å². The van der Waals surface area contributed by atoms with Gasteiger partial charge >= 0.3 is 0 Å². The number of thiazole rings is 1. The summed E-state index contributed by atoms with van der Waals surface area (Å²) in [6, 6.07) is 5.18. The molecule has 2 aromatic rings. The van der Waals surface area contributed by atoms with E-state index in [0.717, 1.165) is 40.9 Å². The Kier molecular flexibility index (Phi) is 13.2. The Hall–Kier alpha value is -1.02. The van der Waals surface area contributed by atoms with E-state index in [0.29, 0.717) is 11.5 Å². The monoisotopic (exact) mass is 512 g/mol. The molecule has 3 rings (SSSR count). The number of rotatable bonds is 15. The van der Waals surface area contributed by atoms with Crippen LogP contribution in [0.2, 0.25) is 0 Å². The lowest BCUT2D eigenvalue weighted by Crippen LogP contribution is -2.60. The Labute approximate surface area is 213 Å². The number of unbranched alkanes of at least 4 members (excludes halogenated alkanes) is 8. The molecular formula is C27H48N2O3S2. The summed E-state index contributed by atoms with van der Waals surface area (Å²) in [4.78, 5) is 4.73. The fraction of sp³-hybridized carbons (Fsp3) is 0.741. The van der Waals surface area contributed by atoms with Gasteiger partial charge in [0.1, 0.15) is 6.23 Å². The Balaban J connectivity index is 0.00000289. The van der Waals surface area contributed by atoms with Crippen LogP contribution in [0.3, 0.4) is 0 Å². The molecule has 1 aliphatic rings. The Morgan fingerprint density at radius 3 is 2.18 bits per heavy atom. The summed E-state index contributed by atoms with van der Waals surface area (Å²) in [6.45, 7) is 7.06. The van der Waals surface area contributed by atoms with Gasteiger partial charge in [-0.3, -0.25) is 0 Å². The van der Waals surface area contributed by atoms with Crippen molar-refractivity contribution in [2.75, 3.05) is 6.61 Å². The maximum absolute atomic E-state index is 13.2. The van der Waals surface area contributed by atoms with Crippen LogP contribution in [0.1, 0.15) is 111 Å². The predicted octanol–water partition coefficient (Wildman–Crippen LogP) is 8.22. The molecular weight excluding hydrogens is 464 g/mol. The van der Waals surface area contributed by atoms with Crippen LogP contribution in [0, 0.1) is 12.3 Å². The van der Waals surface area contributed by atoms with Crippen LogP contribution in [0.25, 0.3) is 10.2 Å². The van der Waals surface area contributed by atoms with E-state index in [1.54, 1.807) is 18.2 Å². The fourth-order valence-electron chi connectivity index (χ4n) is 4.65. The highest BCUT2D eigenvalue weighted by Crippen LogP contribution is 2.44. The average Bonchev–Trinajstić information content (AvgIpc) is 3.14. The third-order valence-corrected chi connectivity index (χ3v) is 9.02. The third kappa shape index (κ3) is 8.00. The van der Waals surface area contributed by atoms with Gasteiger partial charge in [-0.05, 0) is 38.0 Å². The van der Waals surface area contributed by atoms with E-state index in [2.05, 4.69) is 23.6 Å². The molecule has 0 saturated carbocycles. The van der Waals surface area contributed by atoms with E-state index >= 15 is 0 Å². The maximum atomic E-state index is 13.2. The number of nitrogens with zero attached hydrogens (tertiary/aromatic N) is 1. The number of nitrogens with one attached hydrogen (secondary N) is 1. The van der Waals surface area contributed by atoms with Crippen LogP contribution in [0.15, 0.2) is 23.1 Å². The van der Waals surface area contributed by atoms with Crippen molar-refractivity contribution in [1.82, 2.24) is 9.71 Å². The van der Waals surface area contributed by atoms with Crippen LogP contribution >= 0.6 is 11.3 Å². The molecule has 196 valence electrons. The molecule has 1 aromatic carbocycles. The largest absolute Gasteiger partial charge is 0.361 e. The molecule has 34 heavy (non-hydrogen) atoms. The van der Waals surface area contributed by atoms with E-state index in [9.17, 15) is 8.42 Å². The number of fused-ring (bicyclic) bond motifs is 1. The van der Waals surface area contributed by atoms with Crippen molar-refractivity contribution in [2.24, 2.45) is 5.41 Å². The first-order valence-electron chi connectivity index (χ1n) is 12.4. The molecule has 1 fully saturated rings. The molecule has 1 N–H and O–H groups in total. The lowest BCUT2D eigenvalue weighted by Gasteiger charge is -2.49. The lowest BCUT2D eigenvalue weighted by atomic mass is 9.73. The van der Waals surface area contributed by atoms with Gasteiger partial charge in [0.25, 0.3) is 0 Å². The second-order valence-electron chi connectivity index (χ2n) is 9.37. The van der Waals surface area contributed by atoms with Crippen LogP contribution < -0.4 is 4.72 Å². The number of benzene rings is 1. The zero-order chi connectivity index (χ0) is 23.0. The molecule has 0 amide bonds. The van der Waals surface area contributed by atoms with Crippen LogP contribution in [-0.4, -0.2) is 26.2 Å². The third-order valence-electron chi connectivity index (χ3n) is 6.69. The molecule has 2 atom stereocenters. The van der Waals surface area contributed by atoms with E-state index < -0.39 is 16.3 Å². The van der Waals surface area contributed by atoms with E-state index in [4.69, 9.17) is 4.74 Å². The number of hydrogen-bond acceptors (Lipinski definition) is 5. The highest BCUT2D eigenvalue weighted by atomic mass is 32.2. The lowest BCUT2D eigenvalue weighted by molar-refractivity contribution is -0.200. The molecule has 1 aromatic heterocycles. The second-order valence-corrected chi connectivity index (χ2v) is 12.3. The van der Waals surface area contributed by atoms with Crippen molar-refractivity contribution >= 4 is 31.6 Å². The first-order chi connectivity index (χ1) is 15.4. The Morgan fingerprint density at radius 2 is 1.59 bits per heavy atom. The molecule has 0 radical (unpaired) electrons. The van der Waals surface area contributed by atoms with Crippen LogP contribution in [0.5, 0.6) is 0 Å². The molecule has 0 spiro atoms. The zero-order valence-electron chi connectivity index (χ0n) is 20.0. The Bertz CT molecular complexity index is 958. The van der Waals surface area contributed by atoms with Crippen molar-refractivity contribution in [2.45, 2.75) is 124 Å². The summed E-state index contributed by atoms with van der Waals surface area (Å²) in [6.07, 6.45) is 13.9. The summed E-state index contributed by atoms with van der Waals surface area (Å²) in [7, 11) is -3.65. The molecule has 1 saturated heterocycles. The summed E-state index contributed by atoms with van der Waals surface area (Å²) in [5, 5.41) is 0.940. The van der Waals surface area contributed by atoms with Gasteiger partial charge in [0.15, 0.2) is 0 Å². The van der Waals surface area contributed by atoms with E-state index in [-0.39, 0.29) is 20.3 Å². The number of aromatic nitrogens is 1. The molecule has 0 aliphatic carbocycles. The fourth-order valence-corrected chi connectivity index (χ4v) is 6.85. The van der Waals surface area contributed by atoms with Crippen molar-refractivity contribution in [3.05, 3.63) is 23.2 Å². The minimum atomic E-state index is -3.65. The van der Waals surface area contributed by atoms with Gasteiger partial charge in [-0.2, -0.15) is 4.72 Å². The molecule has 5 nitrogen and oxygen atoms in total. The van der Waals surface area contributed by atoms with Gasteiger partial charge in [0.05, 0.1) is 26.7 Å². The predicted molar refractivity (Wildman–Crippen MR) is 147 cm³/mol. The summed E-state index contributed by atoms with van der Waals surface area (Å²) in [5.74, 6) is 0. The first-order valence-corrected chi connectivity index (χ1v) is 14.7. The number of ether oxygens (including phenoxy) is 1. The van der Waals surface area contributed by atoms with E-state index in [1.807, 2.05) is 6.92 Å². The van der Waals surface area contributed by atoms with Gasteiger partial charge in [-0.1, -0.05) is 92.9 Å².